The molecule has 0 bridgehead atoms. The normalized spacial score (nSPS) is 17.4. The summed E-state index contributed by atoms with van der Waals surface area (Å²) in [4.78, 5) is 7.39. The minimum absolute atomic E-state index is 0.419. The van der Waals surface area contributed by atoms with E-state index in [-0.39, 0.29) is 0 Å². The van der Waals surface area contributed by atoms with Gasteiger partial charge in [-0.05, 0) is 18.9 Å². The van der Waals surface area contributed by atoms with Gasteiger partial charge in [-0.15, -0.1) is 0 Å². The van der Waals surface area contributed by atoms with Crippen molar-refractivity contribution >= 4 is 0 Å². The maximum atomic E-state index is 8.82. The monoisotopic (exact) mass is 270 g/mol. The Morgan fingerprint density at radius 3 is 2.65 bits per heavy atom. The van der Waals surface area contributed by atoms with E-state index in [9.17, 15) is 0 Å². The molecule has 5 nitrogen and oxygen atoms in total. The van der Waals surface area contributed by atoms with Gasteiger partial charge in [0.05, 0.1) is 5.56 Å². The van der Waals surface area contributed by atoms with E-state index in [0.717, 1.165) is 24.2 Å². The molecule has 0 spiro atoms. The van der Waals surface area contributed by atoms with Crippen LogP contribution in [0.2, 0.25) is 0 Å². The second-order valence-corrected chi connectivity index (χ2v) is 5.41. The summed E-state index contributed by atoms with van der Waals surface area (Å²) in [6.45, 7) is 0. The van der Waals surface area contributed by atoms with Gasteiger partial charge in [0, 0.05) is 12.1 Å². The molecule has 1 fully saturated rings. The Balaban J connectivity index is 1.76. The van der Waals surface area contributed by atoms with Crippen molar-refractivity contribution in [1.82, 2.24) is 15.1 Å². The molecule has 5 heteroatoms. The van der Waals surface area contributed by atoms with Crippen LogP contribution in [0.5, 0.6) is 0 Å². The van der Waals surface area contributed by atoms with Crippen LogP contribution in [0.25, 0.3) is 11.5 Å². The number of nitriles is 1. The van der Waals surface area contributed by atoms with Crippen LogP contribution < -0.4 is 0 Å². The van der Waals surface area contributed by atoms with Gasteiger partial charge >= 0.3 is 0 Å². The Morgan fingerprint density at radius 2 is 1.95 bits per heavy atom. The first-order valence-electron chi connectivity index (χ1n) is 7.29. The molecule has 1 N–H and O–H groups in total. The Kier molecular flexibility index (Phi) is 3.82. The topological polar surface area (TPSA) is 78.5 Å². The van der Waals surface area contributed by atoms with Gasteiger partial charge in [0.2, 0.25) is 0 Å². The zero-order valence-electron chi connectivity index (χ0n) is 11.4. The number of hydrogen-bond donors (Lipinski definition) is 1. The van der Waals surface area contributed by atoms with Gasteiger partial charge in [0.1, 0.15) is 11.8 Å². The largest absolute Gasteiger partial charge is 0.352 e. The fraction of sp³-hybridized carbons (Fsp3) is 0.533. The van der Waals surface area contributed by atoms with Crippen molar-refractivity contribution in [3.63, 3.8) is 0 Å². The van der Waals surface area contributed by atoms with Crippen molar-refractivity contribution in [3.05, 3.63) is 23.8 Å². The second-order valence-electron chi connectivity index (χ2n) is 5.41. The highest BCUT2D eigenvalue weighted by Gasteiger charge is 2.20. The van der Waals surface area contributed by atoms with Crippen molar-refractivity contribution in [3.8, 4) is 17.5 Å². The first-order valence-corrected chi connectivity index (χ1v) is 7.29. The van der Waals surface area contributed by atoms with Crippen molar-refractivity contribution < 1.29 is 4.52 Å². The summed E-state index contributed by atoms with van der Waals surface area (Å²) in [5, 5.41) is 13.0. The van der Waals surface area contributed by atoms with E-state index in [1.807, 2.05) is 0 Å². The van der Waals surface area contributed by atoms with E-state index >= 15 is 0 Å². The van der Waals surface area contributed by atoms with Gasteiger partial charge in [0.15, 0.2) is 5.82 Å². The van der Waals surface area contributed by atoms with Crippen molar-refractivity contribution in [1.29, 1.82) is 5.26 Å². The van der Waals surface area contributed by atoms with Crippen LogP contribution in [0.15, 0.2) is 16.8 Å². The molecule has 2 heterocycles. The second kappa shape index (κ2) is 5.91. The smallest absolute Gasteiger partial charge is 0.259 e. The fourth-order valence-corrected chi connectivity index (χ4v) is 2.81. The van der Waals surface area contributed by atoms with E-state index in [1.165, 1.54) is 32.1 Å². The van der Waals surface area contributed by atoms with Gasteiger partial charge in [-0.25, -0.2) is 0 Å². The third-order valence-corrected chi connectivity index (χ3v) is 3.96. The molecule has 0 saturated heterocycles. The molecule has 0 amide bonds. The maximum Gasteiger partial charge on any atom is 0.259 e. The minimum Gasteiger partial charge on any atom is -0.352 e. The van der Waals surface area contributed by atoms with Crippen LogP contribution in [0, 0.1) is 11.3 Å². The molecule has 20 heavy (non-hydrogen) atoms. The minimum atomic E-state index is 0.419. The lowest BCUT2D eigenvalue weighted by Gasteiger charge is -2.15. The van der Waals surface area contributed by atoms with E-state index in [2.05, 4.69) is 21.2 Å². The molecular weight excluding hydrogens is 252 g/mol. The Bertz CT molecular complexity index is 599. The summed E-state index contributed by atoms with van der Waals surface area (Å²) in [6.07, 6.45) is 10.5. The predicted octanol–water partition coefficient (Wildman–Crippen LogP) is 3.76. The molecule has 0 aromatic carbocycles. The molecule has 2 aromatic rings. The summed E-state index contributed by atoms with van der Waals surface area (Å²) in [5.41, 5.74) is 1.29. The number of rotatable bonds is 2. The maximum absolute atomic E-state index is 8.82. The van der Waals surface area contributed by atoms with Crippen LogP contribution in [0.3, 0.4) is 0 Å². The zero-order valence-corrected chi connectivity index (χ0v) is 11.4. The van der Waals surface area contributed by atoms with Crippen LogP contribution in [-0.4, -0.2) is 15.1 Å². The molecule has 1 aliphatic carbocycles. The first-order chi connectivity index (χ1) is 9.86. The van der Waals surface area contributed by atoms with Gasteiger partial charge in [-0.2, -0.15) is 10.2 Å². The molecule has 0 aliphatic heterocycles. The number of aromatic nitrogens is 3. The fourth-order valence-electron chi connectivity index (χ4n) is 2.81. The van der Waals surface area contributed by atoms with Crippen LogP contribution >= 0.6 is 0 Å². The zero-order chi connectivity index (χ0) is 13.8. The SMILES string of the molecule is N#Cc1cc(-c2nc(C3CCCCCCC3)no2)c[nH]1. The van der Waals surface area contributed by atoms with E-state index < -0.39 is 0 Å². The first kappa shape index (κ1) is 12.9. The number of H-pyrrole nitrogens is 1. The summed E-state index contributed by atoms with van der Waals surface area (Å²) < 4.78 is 5.34. The Labute approximate surface area is 118 Å². The van der Waals surface area contributed by atoms with E-state index in [4.69, 9.17) is 9.78 Å². The van der Waals surface area contributed by atoms with Crippen molar-refractivity contribution in [2.75, 3.05) is 0 Å². The molecule has 3 rings (SSSR count). The highest BCUT2D eigenvalue weighted by molar-refractivity contribution is 5.54. The molecule has 0 unspecified atom stereocenters. The van der Waals surface area contributed by atoms with Crippen LogP contribution in [-0.2, 0) is 0 Å². The van der Waals surface area contributed by atoms with Gasteiger partial charge < -0.3 is 9.51 Å². The molecule has 1 saturated carbocycles. The average molecular weight is 270 g/mol. The van der Waals surface area contributed by atoms with Gasteiger partial charge in [0.25, 0.3) is 5.89 Å². The van der Waals surface area contributed by atoms with Crippen molar-refractivity contribution in [2.24, 2.45) is 0 Å². The Hall–Kier alpha value is -2.09. The highest BCUT2D eigenvalue weighted by atomic mass is 16.5. The summed E-state index contributed by atoms with van der Waals surface area (Å²) >= 11 is 0. The predicted molar refractivity (Wildman–Crippen MR) is 73.9 cm³/mol. The van der Waals surface area contributed by atoms with E-state index in [0.29, 0.717) is 17.5 Å². The summed E-state index contributed by atoms with van der Waals surface area (Å²) in [7, 11) is 0. The molecule has 0 radical (unpaired) electrons. The highest BCUT2D eigenvalue weighted by Crippen LogP contribution is 2.30. The molecule has 1 aliphatic rings. The number of nitrogens with zero attached hydrogens (tertiary/aromatic N) is 3. The summed E-state index contributed by atoms with van der Waals surface area (Å²) in [5.74, 6) is 1.74. The summed E-state index contributed by atoms with van der Waals surface area (Å²) in [6, 6.07) is 3.79. The van der Waals surface area contributed by atoms with Crippen LogP contribution in [0.4, 0.5) is 0 Å². The molecule has 2 aromatic heterocycles. The molecule has 0 atom stereocenters. The van der Waals surface area contributed by atoms with Gasteiger partial charge in [-0.3, -0.25) is 0 Å². The average Bonchev–Trinajstić information content (AvgIpc) is 3.06. The number of aromatic amines is 1. The van der Waals surface area contributed by atoms with Crippen LogP contribution in [0.1, 0.15) is 62.4 Å². The molecule has 104 valence electrons. The third kappa shape index (κ3) is 2.74. The number of hydrogen-bond acceptors (Lipinski definition) is 4. The Morgan fingerprint density at radius 1 is 1.20 bits per heavy atom. The quantitative estimate of drug-likeness (QED) is 0.901. The standard InChI is InChI=1S/C15H18N4O/c16-9-13-8-12(10-17-13)15-18-14(19-20-15)11-6-4-2-1-3-5-7-11/h8,10-11,17H,1-7H2. The van der Waals surface area contributed by atoms with Crippen molar-refractivity contribution in [2.45, 2.75) is 50.9 Å². The molecular formula is C15H18N4O. The van der Waals surface area contributed by atoms with E-state index in [1.54, 1.807) is 12.3 Å². The third-order valence-electron chi connectivity index (χ3n) is 3.96. The lowest BCUT2D eigenvalue weighted by molar-refractivity contribution is 0.393. The lowest BCUT2D eigenvalue weighted by Crippen LogP contribution is -2.04. The van der Waals surface area contributed by atoms with Gasteiger partial charge in [-0.1, -0.05) is 37.3 Å². The number of nitrogens with one attached hydrogen (secondary N) is 1. The lowest BCUT2D eigenvalue weighted by atomic mass is 9.91.